The van der Waals surface area contributed by atoms with Gasteiger partial charge in [-0.3, -0.25) is 4.57 Å². The van der Waals surface area contributed by atoms with Crippen molar-refractivity contribution < 1.29 is 4.74 Å². The van der Waals surface area contributed by atoms with Crippen molar-refractivity contribution in [3.8, 4) is 0 Å². The molecule has 1 aliphatic carbocycles. The quantitative estimate of drug-likeness (QED) is 0.864. The highest BCUT2D eigenvalue weighted by Crippen LogP contribution is 2.31. The van der Waals surface area contributed by atoms with Gasteiger partial charge in [0.25, 0.3) is 0 Å². The minimum atomic E-state index is 0.0441. The summed E-state index contributed by atoms with van der Waals surface area (Å²) >= 11 is 0. The third-order valence-corrected chi connectivity index (χ3v) is 6.46. The molecule has 4 rings (SSSR count). The minimum Gasteiger partial charge on any atom is -0.378 e. The van der Waals surface area contributed by atoms with E-state index in [0.717, 1.165) is 50.0 Å². The van der Waals surface area contributed by atoms with Gasteiger partial charge >= 0.3 is 5.69 Å². The molecule has 1 aliphatic heterocycles. The summed E-state index contributed by atoms with van der Waals surface area (Å²) in [5.74, 6) is 0. The van der Waals surface area contributed by atoms with Crippen LogP contribution in [0, 0.1) is 6.92 Å². The number of benzene rings is 1. The lowest BCUT2D eigenvalue weighted by atomic mass is 9.90. The van der Waals surface area contributed by atoms with Gasteiger partial charge in [0.15, 0.2) is 0 Å². The number of nitrogens with zero attached hydrogens (tertiary/aromatic N) is 2. The van der Waals surface area contributed by atoms with E-state index in [1.807, 2.05) is 10.6 Å². The zero-order chi connectivity index (χ0) is 18.8. The van der Waals surface area contributed by atoms with E-state index in [2.05, 4.69) is 35.9 Å². The normalized spacial score (nSPS) is 25.3. The third kappa shape index (κ3) is 3.99. The second kappa shape index (κ2) is 8.19. The average Bonchev–Trinajstić information content (AvgIpc) is 3.02. The second-order valence-electron chi connectivity index (χ2n) is 8.39. The van der Waals surface area contributed by atoms with Crippen molar-refractivity contribution in [3.05, 3.63) is 34.2 Å². The molecule has 5 nitrogen and oxygen atoms in total. The Morgan fingerprint density at radius 2 is 1.81 bits per heavy atom. The van der Waals surface area contributed by atoms with E-state index in [1.165, 1.54) is 31.2 Å². The number of piperidine rings is 1. The van der Waals surface area contributed by atoms with Gasteiger partial charge < -0.3 is 14.6 Å². The lowest BCUT2D eigenvalue weighted by molar-refractivity contribution is 0.00254. The van der Waals surface area contributed by atoms with Gasteiger partial charge in [-0.05, 0) is 69.6 Å². The largest absolute Gasteiger partial charge is 0.378 e. The molecule has 1 saturated heterocycles. The van der Waals surface area contributed by atoms with Crippen LogP contribution < -0.4 is 5.69 Å². The van der Waals surface area contributed by atoms with E-state index < -0.39 is 0 Å². The zero-order valence-corrected chi connectivity index (χ0v) is 16.7. The Labute approximate surface area is 161 Å². The molecule has 2 heterocycles. The van der Waals surface area contributed by atoms with Crippen LogP contribution in [-0.4, -0.2) is 46.3 Å². The van der Waals surface area contributed by atoms with Gasteiger partial charge in [0, 0.05) is 31.8 Å². The molecule has 1 saturated carbocycles. The Bertz CT molecular complexity index is 809. The van der Waals surface area contributed by atoms with Gasteiger partial charge in [-0.2, -0.15) is 0 Å². The summed E-state index contributed by atoms with van der Waals surface area (Å²) in [5, 5.41) is 0. The summed E-state index contributed by atoms with van der Waals surface area (Å²) < 4.78 is 7.95. The van der Waals surface area contributed by atoms with E-state index in [9.17, 15) is 4.79 Å². The number of nitrogens with one attached hydrogen (secondary N) is 1. The predicted octanol–water partition coefficient (Wildman–Crippen LogP) is 4.01. The molecule has 148 valence electrons. The van der Waals surface area contributed by atoms with Crippen LogP contribution in [0.3, 0.4) is 0 Å². The summed E-state index contributed by atoms with van der Waals surface area (Å²) in [5.41, 5.74) is 3.27. The molecular formula is C22H33N3O2. The lowest BCUT2D eigenvalue weighted by Gasteiger charge is -2.41. The summed E-state index contributed by atoms with van der Waals surface area (Å²) in [6, 6.07) is 7.24. The maximum Gasteiger partial charge on any atom is 0.326 e. The molecule has 1 aromatic carbocycles. The zero-order valence-electron chi connectivity index (χ0n) is 16.7. The number of hydrogen-bond donors (Lipinski definition) is 1. The number of ether oxygens (including phenoxy) is 1. The Morgan fingerprint density at radius 3 is 2.52 bits per heavy atom. The molecule has 0 bridgehead atoms. The van der Waals surface area contributed by atoms with Crippen LogP contribution in [0.5, 0.6) is 0 Å². The van der Waals surface area contributed by atoms with Crippen LogP contribution in [0.4, 0.5) is 0 Å². The van der Waals surface area contributed by atoms with Crippen molar-refractivity contribution >= 4 is 11.0 Å². The molecule has 0 unspecified atom stereocenters. The van der Waals surface area contributed by atoms with Crippen molar-refractivity contribution in [3.63, 3.8) is 0 Å². The van der Waals surface area contributed by atoms with Gasteiger partial charge in [-0.1, -0.05) is 13.0 Å². The highest BCUT2D eigenvalue weighted by molar-refractivity contribution is 5.76. The van der Waals surface area contributed by atoms with Crippen LogP contribution in [0.15, 0.2) is 23.0 Å². The number of aromatic amines is 1. The van der Waals surface area contributed by atoms with Crippen molar-refractivity contribution in [2.24, 2.45) is 0 Å². The second-order valence-corrected chi connectivity index (χ2v) is 8.39. The molecule has 1 N–H and O–H groups in total. The molecule has 0 radical (unpaired) electrons. The number of fused-ring (bicyclic) bond motifs is 1. The fraction of sp³-hybridized carbons (Fsp3) is 0.682. The number of aromatic nitrogens is 2. The Balaban J connectivity index is 1.37. The van der Waals surface area contributed by atoms with Crippen LogP contribution >= 0.6 is 0 Å². The van der Waals surface area contributed by atoms with E-state index >= 15 is 0 Å². The van der Waals surface area contributed by atoms with E-state index in [1.54, 1.807) is 0 Å². The molecule has 2 aliphatic rings. The molecular weight excluding hydrogens is 338 g/mol. The van der Waals surface area contributed by atoms with Crippen LogP contribution in [0.25, 0.3) is 11.0 Å². The number of imidazole rings is 1. The molecule has 2 fully saturated rings. The number of aryl methyl sites for hydroxylation is 1. The van der Waals surface area contributed by atoms with E-state index in [0.29, 0.717) is 18.2 Å². The Hall–Kier alpha value is -1.59. The maximum absolute atomic E-state index is 12.5. The van der Waals surface area contributed by atoms with Crippen LogP contribution in [-0.2, 0) is 4.74 Å². The van der Waals surface area contributed by atoms with Crippen molar-refractivity contribution in [1.29, 1.82) is 0 Å². The smallest absolute Gasteiger partial charge is 0.326 e. The monoisotopic (exact) mass is 371 g/mol. The fourth-order valence-electron chi connectivity index (χ4n) is 4.96. The van der Waals surface area contributed by atoms with Crippen LogP contribution in [0.2, 0.25) is 0 Å². The summed E-state index contributed by atoms with van der Waals surface area (Å²) in [4.78, 5) is 18.2. The van der Waals surface area contributed by atoms with E-state index in [4.69, 9.17) is 4.74 Å². The topological polar surface area (TPSA) is 50.3 Å². The van der Waals surface area contributed by atoms with Gasteiger partial charge in [-0.25, -0.2) is 4.79 Å². The van der Waals surface area contributed by atoms with Gasteiger partial charge in [-0.15, -0.1) is 0 Å². The molecule has 0 spiro atoms. The summed E-state index contributed by atoms with van der Waals surface area (Å²) in [6.07, 6.45) is 8.63. The molecule has 5 heteroatoms. The van der Waals surface area contributed by atoms with Crippen molar-refractivity contribution in [2.45, 2.75) is 77.0 Å². The number of likely N-dealkylation sites (tertiary alicyclic amines) is 1. The minimum absolute atomic E-state index is 0.0441. The molecule has 1 aromatic heterocycles. The number of rotatable bonds is 5. The van der Waals surface area contributed by atoms with Crippen LogP contribution in [0.1, 0.15) is 63.5 Å². The number of H-pyrrole nitrogens is 1. The summed E-state index contributed by atoms with van der Waals surface area (Å²) in [6.45, 7) is 7.36. The number of hydrogen-bond acceptors (Lipinski definition) is 3. The maximum atomic E-state index is 12.5. The lowest BCUT2D eigenvalue weighted by Crippen LogP contribution is -2.45. The molecule has 27 heavy (non-hydrogen) atoms. The van der Waals surface area contributed by atoms with E-state index in [-0.39, 0.29) is 5.69 Å². The van der Waals surface area contributed by atoms with Gasteiger partial charge in [0.05, 0.1) is 17.1 Å². The third-order valence-electron chi connectivity index (χ3n) is 6.46. The van der Waals surface area contributed by atoms with Crippen molar-refractivity contribution in [2.75, 3.05) is 19.7 Å². The predicted molar refractivity (Wildman–Crippen MR) is 109 cm³/mol. The van der Waals surface area contributed by atoms with Gasteiger partial charge in [0.1, 0.15) is 0 Å². The summed E-state index contributed by atoms with van der Waals surface area (Å²) in [7, 11) is 0. The standard InChI is InChI=1S/C22H33N3O2/c1-3-14-27-19-7-5-17(6-8-19)24-12-10-18(11-13-24)25-21-15-16(2)4-9-20(21)23-22(25)26/h4,9,15,17-19H,3,5-8,10-14H2,1-2H3,(H,23,26)/t17-,19-. The molecule has 0 atom stereocenters. The first-order valence-electron chi connectivity index (χ1n) is 10.7. The highest BCUT2D eigenvalue weighted by atomic mass is 16.5. The Morgan fingerprint density at radius 1 is 1.07 bits per heavy atom. The first kappa shape index (κ1) is 18.8. The molecule has 2 aromatic rings. The SMILES string of the molecule is CCCO[C@H]1CC[C@H](N2CCC(n3c(=O)[nH]c4ccc(C)cc43)CC2)CC1. The Kier molecular flexibility index (Phi) is 5.69. The van der Waals surface area contributed by atoms with Crippen molar-refractivity contribution in [1.82, 2.24) is 14.5 Å². The average molecular weight is 372 g/mol. The first-order valence-corrected chi connectivity index (χ1v) is 10.7. The fourth-order valence-corrected chi connectivity index (χ4v) is 4.96. The first-order chi connectivity index (χ1) is 13.2. The highest BCUT2D eigenvalue weighted by Gasteiger charge is 2.30. The molecule has 0 amide bonds. The van der Waals surface area contributed by atoms with Gasteiger partial charge in [0.2, 0.25) is 0 Å².